The van der Waals surface area contributed by atoms with Crippen LogP contribution in [0, 0.1) is 0 Å². The molecule has 0 radical (unpaired) electrons. The Morgan fingerprint density at radius 2 is 1.14 bits per heavy atom. The molecule has 0 aliphatic rings. The number of carbonyl (C=O) groups excluding carboxylic acids is 2. The fourth-order valence-electron chi connectivity index (χ4n) is 2.59. The van der Waals surface area contributed by atoms with Crippen molar-refractivity contribution in [3.8, 4) is 11.5 Å². The molecule has 0 saturated carbocycles. The van der Waals surface area contributed by atoms with Crippen LogP contribution < -0.4 is 9.47 Å². The fraction of sp³-hybridized carbons (Fsp3) is 0.130. The summed E-state index contributed by atoms with van der Waals surface area (Å²) in [5.41, 5.74) is 1.40. The van der Waals surface area contributed by atoms with Crippen molar-refractivity contribution in [1.82, 2.24) is 0 Å². The van der Waals surface area contributed by atoms with E-state index in [0.29, 0.717) is 22.4 Å². The van der Waals surface area contributed by atoms with Gasteiger partial charge in [0.1, 0.15) is 11.5 Å². The van der Waals surface area contributed by atoms with Crippen molar-refractivity contribution in [2.75, 3.05) is 0 Å². The second kappa shape index (κ2) is 8.72. The maximum absolute atomic E-state index is 12.6. The van der Waals surface area contributed by atoms with Crippen LogP contribution in [0.5, 0.6) is 11.5 Å². The highest BCUT2D eigenvalue weighted by Crippen LogP contribution is 2.21. The lowest BCUT2D eigenvalue weighted by Crippen LogP contribution is -2.17. The van der Waals surface area contributed by atoms with Crippen molar-refractivity contribution >= 4 is 23.5 Å². The molecule has 0 unspecified atom stereocenters. The minimum absolute atomic E-state index is 0.126. The molecule has 0 heterocycles. The van der Waals surface area contributed by atoms with Gasteiger partial charge in [-0.05, 0) is 60.0 Å². The minimum atomic E-state index is -0.648. The third-order valence-corrected chi connectivity index (χ3v) is 4.40. The Kier molecular flexibility index (Phi) is 6.12. The zero-order chi connectivity index (χ0) is 20.1. The van der Waals surface area contributed by atoms with Crippen LogP contribution in [0.3, 0.4) is 0 Å². The second-order valence-electron chi connectivity index (χ2n) is 6.50. The maximum Gasteiger partial charge on any atom is 0.344 e. The van der Waals surface area contributed by atoms with E-state index in [-0.39, 0.29) is 11.1 Å². The first-order valence-corrected chi connectivity index (χ1v) is 9.21. The summed E-state index contributed by atoms with van der Waals surface area (Å²) in [6.45, 7) is 4.17. The number of hydrogen-bond donors (Lipinski definition) is 0. The van der Waals surface area contributed by atoms with Gasteiger partial charge in [0.25, 0.3) is 0 Å². The van der Waals surface area contributed by atoms with Crippen LogP contribution in [0.2, 0.25) is 5.02 Å². The van der Waals surface area contributed by atoms with E-state index < -0.39 is 11.9 Å². The van der Waals surface area contributed by atoms with Crippen molar-refractivity contribution in [2.24, 2.45) is 0 Å². The van der Waals surface area contributed by atoms with Gasteiger partial charge < -0.3 is 9.47 Å². The highest BCUT2D eigenvalue weighted by molar-refractivity contribution is 6.30. The number of halogens is 1. The van der Waals surface area contributed by atoms with Crippen LogP contribution in [0.15, 0.2) is 72.8 Å². The molecule has 0 saturated heterocycles. The molecule has 0 atom stereocenters. The van der Waals surface area contributed by atoms with Crippen molar-refractivity contribution in [2.45, 2.75) is 19.8 Å². The van der Waals surface area contributed by atoms with Gasteiger partial charge in [0, 0.05) is 5.02 Å². The van der Waals surface area contributed by atoms with E-state index in [4.69, 9.17) is 21.1 Å². The molecule has 0 amide bonds. The van der Waals surface area contributed by atoms with E-state index in [2.05, 4.69) is 13.8 Å². The summed E-state index contributed by atoms with van der Waals surface area (Å²) in [4.78, 5) is 25.1. The number of esters is 2. The predicted molar refractivity (Wildman–Crippen MR) is 108 cm³/mol. The molecule has 0 aliphatic heterocycles. The van der Waals surface area contributed by atoms with Gasteiger partial charge in [-0.1, -0.05) is 49.7 Å². The third kappa shape index (κ3) is 4.78. The normalized spacial score (nSPS) is 10.6. The zero-order valence-corrected chi connectivity index (χ0v) is 16.3. The molecule has 0 aliphatic carbocycles. The molecular weight excluding hydrogens is 376 g/mol. The largest absolute Gasteiger partial charge is 0.423 e. The number of carbonyl (C=O) groups is 2. The maximum atomic E-state index is 12.6. The fourth-order valence-corrected chi connectivity index (χ4v) is 2.71. The van der Waals surface area contributed by atoms with Gasteiger partial charge in [0.05, 0.1) is 11.1 Å². The average Bonchev–Trinajstić information content (AvgIpc) is 2.70. The second-order valence-corrected chi connectivity index (χ2v) is 6.94. The van der Waals surface area contributed by atoms with Crippen LogP contribution in [-0.4, -0.2) is 11.9 Å². The number of rotatable bonds is 5. The Morgan fingerprint density at radius 3 is 1.57 bits per heavy atom. The molecule has 0 spiro atoms. The lowest BCUT2D eigenvalue weighted by atomic mass is 10.0. The first kappa shape index (κ1) is 19.6. The Bertz CT molecular complexity index is 976. The summed E-state index contributed by atoms with van der Waals surface area (Å²) in [5, 5.41) is 0.535. The molecule has 4 nitrogen and oxygen atoms in total. The summed E-state index contributed by atoms with van der Waals surface area (Å²) in [5.74, 6) is -0.142. The molecule has 142 valence electrons. The monoisotopic (exact) mass is 394 g/mol. The lowest BCUT2D eigenvalue weighted by Gasteiger charge is -2.10. The third-order valence-electron chi connectivity index (χ3n) is 4.15. The van der Waals surface area contributed by atoms with Gasteiger partial charge in [-0.15, -0.1) is 0 Å². The van der Waals surface area contributed by atoms with Gasteiger partial charge in [-0.2, -0.15) is 0 Å². The number of hydrogen-bond acceptors (Lipinski definition) is 4. The first-order valence-electron chi connectivity index (χ1n) is 8.83. The summed E-state index contributed by atoms with van der Waals surface area (Å²) in [7, 11) is 0. The van der Waals surface area contributed by atoms with Crippen LogP contribution in [0.1, 0.15) is 46.0 Å². The van der Waals surface area contributed by atoms with Crippen LogP contribution in [0.25, 0.3) is 0 Å². The molecule has 3 aromatic rings. The minimum Gasteiger partial charge on any atom is -0.423 e. The Balaban J connectivity index is 1.77. The molecule has 3 rings (SSSR count). The summed E-state index contributed by atoms with van der Waals surface area (Å²) >= 11 is 5.83. The smallest absolute Gasteiger partial charge is 0.344 e. The molecular formula is C23H19ClO4. The van der Waals surface area contributed by atoms with Gasteiger partial charge in [0.2, 0.25) is 0 Å². The quantitative estimate of drug-likeness (QED) is 0.399. The van der Waals surface area contributed by atoms with E-state index >= 15 is 0 Å². The van der Waals surface area contributed by atoms with Crippen molar-refractivity contribution < 1.29 is 19.1 Å². The Morgan fingerprint density at radius 1 is 0.714 bits per heavy atom. The van der Waals surface area contributed by atoms with E-state index in [9.17, 15) is 9.59 Å². The molecule has 0 aromatic heterocycles. The summed E-state index contributed by atoms with van der Waals surface area (Å²) < 4.78 is 10.8. The molecule has 5 heteroatoms. The highest BCUT2D eigenvalue weighted by Gasteiger charge is 2.20. The topological polar surface area (TPSA) is 52.6 Å². The highest BCUT2D eigenvalue weighted by atomic mass is 35.5. The van der Waals surface area contributed by atoms with Crippen LogP contribution in [0.4, 0.5) is 0 Å². The number of benzene rings is 3. The van der Waals surface area contributed by atoms with Gasteiger partial charge in [0.15, 0.2) is 0 Å². The van der Waals surface area contributed by atoms with E-state index in [1.54, 1.807) is 48.5 Å². The summed E-state index contributed by atoms with van der Waals surface area (Å²) in [6, 6.07) is 20.1. The van der Waals surface area contributed by atoms with Crippen LogP contribution in [-0.2, 0) is 0 Å². The van der Waals surface area contributed by atoms with E-state index in [0.717, 1.165) is 5.56 Å². The van der Waals surface area contributed by atoms with Gasteiger partial charge >= 0.3 is 11.9 Å². The van der Waals surface area contributed by atoms with Crippen LogP contribution >= 0.6 is 11.6 Å². The Labute approximate surface area is 168 Å². The number of ether oxygens (including phenoxy) is 2. The van der Waals surface area contributed by atoms with E-state index in [1.165, 1.54) is 12.1 Å². The van der Waals surface area contributed by atoms with E-state index in [1.807, 2.05) is 12.1 Å². The SMILES string of the molecule is CC(C)c1ccc(OC(=O)c2ccccc2C(=O)Oc2ccc(Cl)cc2)cc1. The van der Waals surface area contributed by atoms with Crippen molar-refractivity contribution in [3.63, 3.8) is 0 Å². The lowest BCUT2D eigenvalue weighted by molar-refractivity contribution is 0.0692. The van der Waals surface area contributed by atoms with Crippen molar-refractivity contribution in [3.05, 3.63) is 94.5 Å². The molecule has 0 bridgehead atoms. The molecule has 0 fully saturated rings. The molecule has 28 heavy (non-hydrogen) atoms. The molecule has 3 aromatic carbocycles. The summed E-state index contributed by atoms with van der Waals surface area (Å²) in [6.07, 6.45) is 0. The van der Waals surface area contributed by atoms with Crippen molar-refractivity contribution in [1.29, 1.82) is 0 Å². The standard InChI is InChI=1S/C23H19ClO4/c1-15(2)16-7-11-18(12-8-16)27-22(25)20-5-3-4-6-21(20)23(26)28-19-13-9-17(24)10-14-19/h3-15H,1-2H3. The predicted octanol–water partition coefficient (Wildman–Crippen LogP) is 5.90. The first-order chi connectivity index (χ1) is 13.4. The molecule has 0 N–H and O–H groups in total. The Hall–Kier alpha value is -3.11. The zero-order valence-electron chi connectivity index (χ0n) is 15.5. The van der Waals surface area contributed by atoms with Gasteiger partial charge in [-0.25, -0.2) is 9.59 Å². The van der Waals surface area contributed by atoms with Gasteiger partial charge in [-0.3, -0.25) is 0 Å². The average molecular weight is 395 g/mol.